The second kappa shape index (κ2) is 6.76. The van der Waals surface area contributed by atoms with Gasteiger partial charge in [0.1, 0.15) is 5.82 Å². The average molecular weight is 312 g/mol. The Morgan fingerprint density at radius 2 is 2.35 bits per heavy atom. The van der Waals surface area contributed by atoms with Gasteiger partial charge in [0.15, 0.2) is 6.29 Å². The summed E-state index contributed by atoms with van der Waals surface area (Å²) in [5.41, 5.74) is 2.92. The van der Waals surface area contributed by atoms with Crippen molar-refractivity contribution in [3.05, 3.63) is 35.5 Å². The highest BCUT2D eigenvalue weighted by Gasteiger charge is 2.27. The zero-order valence-electron chi connectivity index (χ0n) is 12.7. The van der Waals surface area contributed by atoms with Gasteiger partial charge in [0, 0.05) is 18.4 Å². The summed E-state index contributed by atoms with van der Waals surface area (Å²) in [6, 6.07) is 5.53. The van der Waals surface area contributed by atoms with Crippen LogP contribution in [-0.4, -0.2) is 34.9 Å². The standard InChI is InChI=1S/C15H17BN4O3/c1-2-5-17-14-11(8-21)7-18-15(20-14)19-12-3-4-13-10(6-12)9-23-16(13)22/h3-4,6-8,22H,2,5,9H2,1H3,(H2,17,18,19,20). The van der Waals surface area contributed by atoms with Crippen LogP contribution in [-0.2, 0) is 11.3 Å². The maximum absolute atomic E-state index is 11.0. The molecule has 7 nitrogen and oxygen atoms in total. The van der Waals surface area contributed by atoms with Gasteiger partial charge in [-0.05, 0) is 29.6 Å². The molecule has 1 aliphatic rings. The number of aldehydes is 1. The SMILES string of the molecule is CCCNc1nc(Nc2ccc3c(c2)COB3O)ncc1C=O. The van der Waals surface area contributed by atoms with Crippen LogP contribution in [0.15, 0.2) is 24.4 Å². The van der Waals surface area contributed by atoms with E-state index in [1.165, 1.54) is 6.20 Å². The van der Waals surface area contributed by atoms with Crippen LogP contribution < -0.4 is 16.1 Å². The molecule has 23 heavy (non-hydrogen) atoms. The van der Waals surface area contributed by atoms with Gasteiger partial charge in [-0.2, -0.15) is 4.98 Å². The van der Waals surface area contributed by atoms with Crippen molar-refractivity contribution in [2.24, 2.45) is 0 Å². The highest BCUT2D eigenvalue weighted by atomic mass is 16.5. The molecule has 2 heterocycles. The van der Waals surface area contributed by atoms with E-state index < -0.39 is 7.12 Å². The van der Waals surface area contributed by atoms with Crippen molar-refractivity contribution in [2.45, 2.75) is 20.0 Å². The summed E-state index contributed by atoms with van der Waals surface area (Å²) in [5.74, 6) is 0.910. The second-order valence-electron chi connectivity index (χ2n) is 5.24. The third kappa shape index (κ3) is 3.33. The molecule has 0 saturated carbocycles. The predicted molar refractivity (Wildman–Crippen MR) is 88.3 cm³/mol. The summed E-state index contributed by atoms with van der Waals surface area (Å²) in [7, 11) is -0.855. The van der Waals surface area contributed by atoms with E-state index in [0.717, 1.165) is 36.0 Å². The monoisotopic (exact) mass is 312 g/mol. The van der Waals surface area contributed by atoms with E-state index in [-0.39, 0.29) is 0 Å². The number of anilines is 3. The number of nitrogens with zero attached hydrogens (tertiary/aromatic N) is 2. The van der Waals surface area contributed by atoms with Crippen molar-refractivity contribution in [3.63, 3.8) is 0 Å². The molecule has 0 unspecified atom stereocenters. The number of aromatic nitrogens is 2. The molecule has 8 heteroatoms. The van der Waals surface area contributed by atoms with E-state index in [1.807, 2.05) is 25.1 Å². The lowest BCUT2D eigenvalue weighted by Crippen LogP contribution is -2.27. The molecule has 0 amide bonds. The lowest BCUT2D eigenvalue weighted by atomic mass is 9.79. The van der Waals surface area contributed by atoms with Gasteiger partial charge in [0.25, 0.3) is 0 Å². The third-order valence-electron chi connectivity index (χ3n) is 3.55. The fourth-order valence-corrected chi connectivity index (χ4v) is 2.36. The zero-order chi connectivity index (χ0) is 16.2. The molecule has 1 aromatic carbocycles. The number of nitrogens with one attached hydrogen (secondary N) is 2. The first-order chi connectivity index (χ1) is 11.2. The molecular formula is C15H17BN4O3. The van der Waals surface area contributed by atoms with Gasteiger partial charge in [-0.1, -0.05) is 13.0 Å². The van der Waals surface area contributed by atoms with Crippen LogP contribution >= 0.6 is 0 Å². The van der Waals surface area contributed by atoms with E-state index in [0.29, 0.717) is 23.9 Å². The maximum atomic E-state index is 11.0. The first-order valence-electron chi connectivity index (χ1n) is 7.47. The van der Waals surface area contributed by atoms with Crippen molar-refractivity contribution in [2.75, 3.05) is 17.2 Å². The van der Waals surface area contributed by atoms with E-state index in [4.69, 9.17) is 4.65 Å². The Morgan fingerprint density at radius 3 is 3.13 bits per heavy atom. The molecule has 2 aromatic rings. The van der Waals surface area contributed by atoms with Crippen LogP contribution in [0.3, 0.4) is 0 Å². The maximum Gasteiger partial charge on any atom is 0.491 e. The fraction of sp³-hybridized carbons (Fsp3) is 0.267. The van der Waals surface area contributed by atoms with E-state index in [9.17, 15) is 9.82 Å². The third-order valence-corrected chi connectivity index (χ3v) is 3.55. The Morgan fingerprint density at radius 1 is 1.48 bits per heavy atom. The number of hydrogen-bond donors (Lipinski definition) is 3. The molecular weight excluding hydrogens is 295 g/mol. The number of hydrogen-bond acceptors (Lipinski definition) is 7. The predicted octanol–water partition coefficient (Wildman–Crippen LogP) is 1.07. The molecule has 1 aromatic heterocycles. The van der Waals surface area contributed by atoms with Crippen LogP contribution in [0.2, 0.25) is 0 Å². The molecule has 0 bridgehead atoms. The van der Waals surface area contributed by atoms with E-state index in [1.54, 1.807) is 0 Å². The van der Waals surface area contributed by atoms with Crippen molar-refractivity contribution in [1.82, 2.24) is 9.97 Å². The quantitative estimate of drug-likeness (QED) is 0.542. The smallest absolute Gasteiger partial charge is 0.423 e. The second-order valence-corrected chi connectivity index (χ2v) is 5.24. The highest BCUT2D eigenvalue weighted by Crippen LogP contribution is 2.19. The number of carbonyl (C=O) groups excluding carboxylic acids is 1. The molecule has 1 aliphatic heterocycles. The number of rotatable bonds is 6. The average Bonchev–Trinajstić information content (AvgIpc) is 2.94. The van der Waals surface area contributed by atoms with Gasteiger partial charge < -0.3 is 20.3 Å². The summed E-state index contributed by atoms with van der Waals surface area (Å²) >= 11 is 0. The Hall–Kier alpha value is -2.45. The number of fused-ring (bicyclic) bond motifs is 1. The first kappa shape index (κ1) is 15.5. The molecule has 0 fully saturated rings. The van der Waals surface area contributed by atoms with Gasteiger partial charge in [-0.3, -0.25) is 4.79 Å². The Kier molecular flexibility index (Phi) is 4.54. The number of carbonyl (C=O) groups is 1. The normalized spacial score (nSPS) is 12.9. The van der Waals surface area contributed by atoms with Gasteiger partial charge in [-0.15, -0.1) is 0 Å². The van der Waals surface area contributed by atoms with E-state index in [2.05, 4.69) is 20.6 Å². The van der Waals surface area contributed by atoms with Gasteiger partial charge in [-0.25, -0.2) is 4.98 Å². The van der Waals surface area contributed by atoms with Gasteiger partial charge in [0.05, 0.1) is 12.2 Å². The molecule has 118 valence electrons. The van der Waals surface area contributed by atoms with Crippen molar-refractivity contribution in [1.29, 1.82) is 0 Å². The minimum absolute atomic E-state index is 0.375. The molecule has 0 radical (unpaired) electrons. The summed E-state index contributed by atoms with van der Waals surface area (Å²) in [4.78, 5) is 19.5. The Bertz CT molecular complexity index is 726. The number of benzene rings is 1. The zero-order valence-corrected chi connectivity index (χ0v) is 12.7. The van der Waals surface area contributed by atoms with Crippen LogP contribution in [0.5, 0.6) is 0 Å². The van der Waals surface area contributed by atoms with Crippen molar-refractivity contribution < 1.29 is 14.5 Å². The molecule has 0 aliphatic carbocycles. The van der Waals surface area contributed by atoms with Crippen LogP contribution in [0.1, 0.15) is 29.3 Å². The summed E-state index contributed by atoms with van der Waals surface area (Å²) in [6.45, 7) is 3.14. The topological polar surface area (TPSA) is 96.4 Å². The summed E-state index contributed by atoms with van der Waals surface area (Å²) in [6.07, 6.45) is 3.15. The van der Waals surface area contributed by atoms with Crippen LogP contribution in [0.4, 0.5) is 17.5 Å². The molecule has 0 saturated heterocycles. The van der Waals surface area contributed by atoms with Crippen LogP contribution in [0, 0.1) is 0 Å². The summed E-state index contributed by atoms with van der Waals surface area (Å²) in [5, 5.41) is 15.8. The Balaban J connectivity index is 1.81. The molecule has 3 rings (SSSR count). The largest absolute Gasteiger partial charge is 0.491 e. The molecule has 3 N–H and O–H groups in total. The fourth-order valence-electron chi connectivity index (χ4n) is 2.36. The minimum Gasteiger partial charge on any atom is -0.423 e. The van der Waals surface area contributed by atoms with Crippen LogP contribution in [0.25, 0.3) is 0 Å². The lowest BCUT2D eigenvalue weighted by Gasteiger charge is -2.10. The van der Waals surface area contributed by atoms with Gasteiger partial charge in [0.2, 0.25) is 5.95 Å². The van der Waals surface area contributed by atoms with Crippen molar-refractivity contribution >= 4 is 36.3 Å². The Labute approximate surface area is 134 Å². The van der Waals surface area contributed by atoms with E-state index >= 15 is 0 Å². The molecule has 0 atom stereocenters. The van der Waals surface area contributed by atoms with Gasteiger partial charge >= 0.3 is 7.12 Å². The summed E-state index contributed by atoms with van der Waals surface area (Å²) < 4.78 is 5.17. The highest BCUT2D eigenvalue weighted by molar-refractivity contribution is 6.61. The van der Waals surface area contributed by atoms with Crippen molar-refractivity contribution in [3.8, 4) is 0 Å². The first-order valence-corrected chi connectivity index (χ1v) is 7.47. The minimum atomic E-state index is -0.855. The lowest BCUT2D eigenvalue weighted by molar-refractivity contribution is 0.112. The molecule has 0 spiro atoms.